The molecular formula is C13H15FN4O3S. The highest BCUT2D eigenvalue weighted by Gasteiger charge is 2.20. The monoisotopic (exact) mass is 326 g/mol. The van der Waals surface area contributed by atoms with Crippen molar-refractivity contribution in [3.05, 3.63) is 47.5 Å². The molecule has 2 rings (SSSR count). The number of nitrogens with two attached hydrogens (primary N) is 1. The van der Waals surface area contributed by atoms with E-state index < -0.39 is 21.7 Å². The first-order valence-electron chi connectivity index (χ1n) is 6.21. The predicted molar refractivity (Wildman–Crippen MR) is 79.0 cm³/mol. The van der Waals surface area contributed by atoms with Crippen molar-refractivity contribution in [3.8, 4) is 0 Å². The van der Waals surface area contributed by atoms with E-state index in [-0.39, 0.29) is 16.3 Å². The second-order valence-corrected chi connectivity index (χ2v) is 6.40. The number of nitrogens with one attached hydrogen (secondary N) is 2. The van der Waals surface area contributed by atoms with Crippen LogP contribution in [0.3, 0.4) is 0 Å². The van der Waals surface area contributed by atoms with Gasteiger partial charge in [-0.05, 0) is 30.7 Å². The zero-order valence-corrected chi connectivity index (χ0v) is 12.7. The van der Waals surface area contributed by atoms with Gasteiger partial charge in [-0.25, -0.2) is 18.7 Å². The molecule has 7 nitrogen and oxygen atoms in total. The van der Waals surface area contributed by atoms with Crippen LogP contribution in [0, 0.1) is 12.7 Å². The van der Waals surface area contributed by atoms with Crippen LogP contribution in [0.25, 0.3) is 0 Å². The number of hydrogen-bond donors (Lipinski definition) is 3. The maximum absolute atomic E-state index is 13.5. The maximum atomic E-state index is 13.5. The van der Waals surface area contributed by atoms with Crippen LogP contribution in [-0.2, 0) is 17.1 Å². The Kier molecular flexibility index (Phi) is 4.20. The van der Waals surface area contributed by atoms with Gasteiger partial charge in [-0.3, -0.25) is 14.9 Å². The molecule has 1 aromatic heterocycles. The first-order chi connectivity index (χ1) is 10.2. The van der Waals surface area contributed by atoms with Crippen LogP contribution in [0.4, 0.5) is 10.1 Å². The molecule has 0 bridgehead atoms. The summed E-state index contributed by atoms with van der Waals surface area (Å²) in [5.74, 6) is 3.89. The number of aryl methyl sites for hydroxylation is 2. The van der Waals surface area contributed by atoms with Gasteiger partial charge in [-0.2, -0.15) is 0 Å². The summed E-state index contributed by atoms with van der Waals surface area (Å²) in [6.45, 7) is 1.57. The molecular weight excluding hydrogens is 311 g/mol. The maximum Gasteiger partial charge on any atom is 0.281 e. The topological polar surface area (TPSA) is 106 Å². The van der Waals surface area contributed by atoms with E-state index in [1.54, 1.807) is 6.92 Å². The lowest BCUT2D eigenvalue weighted by atomic mass is 10.2. The normalized spacial score (nSPS) is 11.3. The van der Waals surface area contributed by atoms with E-state index in [0.29, 0.717) is 5.56 Å². The lowest BCUT2D eigenvalue weighted by Gasteiger charge is -2.07. The third-order valence-electron chi connectivity index (χ3n) is 3.08. The Morgan fingerprint density at radius 1 is 1.32 bits per heavy atom. The highest BCUT2D eigenvalue weighted by molar-refractivity contribution is 7.92. The van der Waals surface area contributed by atoms with Crippen LogP contribution in [0.5, 0.6) is 0 Å². The number of rotatable bonds is 4. The summed E-state index contributed by atoms with van der Waals surface area (Å²) < 4.78 is 41.6. The molecule has 0 aliphatic carbocycles. The Balaban J connectivity index is 2.34. The first-order valence-corrected chi connectivity index (χ1v) is 7.69. The second kappa shape index (κ2) is 5.78. The molecule has 22 heavy (non-hydrogen) atoms. The fourth-order valence-electron chi connectivity index (χ4n) is 1.85. The van der Waals surface area contributed by atoms with Crippen LogP contribution >= 0.6 is 0 Å². The van der Waals surface area contributed by atoms with E-state index in [4.69, 9.17) is 5.84 Å². The SMILES string of the molecule is Cc1ccc(NS(=O)(=O)c2cc(C(=O)NN)n(C)c2)cc1F. The Bertz CT molecular complexity index is 830. The average Bonchev–Trinajstić information content (AvgIpc) is 2.85. The van der Waals surface area contributed by atoms with Gasteiger partial charge >= 0.3 is 0 Å². The Morgan fingerprint density at radius 2 is 2.00 bits per heavy atom. The third kappa shape index (κ3) is 3.10. The molecule has 9 heteroatoms. The van der Waals surface area contributed by atoms with Crippen LogP contribution in [0.1, 0.15) is 16.1 Å². The van der Waals surface area contributed by atoms with Crippen LogP contribution in [0.2, 0.25) is 0 Å². The van der Waals surface area contributed by atoms with Crippen molar-refractivity contribution in [1.82, 2.24) is 9.99 Å². The van der Waals surface area contributed by atoms with Crippen LogP contribution < -0.4 is 16.0 Å². The highest BCUT2D eigenvalue weighted by Crippen LogP contribution is 2.20. The molecule has 2 aromatic rings. The molecule has 1 heterocycles. The minimum Gasteiger partial charge on any atom is -0.345 e. The fraction of sp³-hybridized carbons (Fsp3) is 0.154. The number of carbonyl (C=O) groups excluding carboxylic acids is 1. The fourth-order valence-corrected chi connectivity index (χ4v) is 2.97. The van der Waals surface area contributed by atoms with Gasteiger partial charge in [0.15, 0.2) is 0 Å². The Labute approximate surface area is 127 Å². The number of aromatic nitrogens is 1. The molecule has 0 saturated carbocycles. The number of amides is 1. The quantitative estimate of drug-likeness (QED) is 0.440. The first kappa shape index (κ1) is 16.0. The Hall–Kier alpha value is -2.39. The average molecular weight is 326 g/mol. The van der Waals surface area contributed by atoms with E-state index in [9.17, 15) is 17.6 Å². The van der Waals surface area contributed by atoms with Crippen molar-refractivity contribution in [2.45, 2.75) is 11.8 Å². The molecule has 1 aromatic carbocycles. The van der Waals surface area contributed by atoms with Gasteiger partial charge in [-0.15, -0.1) is 0 Å². The van der Waals surface area contributed by atoms with Crippen molar-refractivity contribution in [1.29, 1.82) is 0 Å². The second-order valence-electron chi connectivity index (χ2n) is 4.71. The number of nitrogen functional groups attached to an aromatic ring is 1. The highest BCUT2D eigenvalue weighted by atomic mass is 32.2. The molecule has 0 aliphatic heterocycles. The van der Waals surface area contributed by atoms with Crippen molar-refractivity contribution in [2.24, 2.45) is 12.9 Å². The molecule has 0 spiro atoms. The molecule has 118 valence electrons. The predicted octanol–water partition coefficient (Wildman–Crippen LogP) is 0.877. The van der Waals surface area contributed by atoms with Gasteiger partial charge in [0.2, 0.25) is 0 Å². The minimum atomic E-state index is -3.94. The van der Waals surface area contributed by atoms with E-state index in [0.717, 1.165) is 6.07 Å². The summed E-state index contributed by atoms with van der Waals surface area (Å²) in [4.78, 5) is 11.4. The summed E-state index contributed by atoms with van der Waals surface area (Å²) in [6.07, 6.45) is 1.26. The van der Waals surface area contributed by atoms with Gasteiger partial charge in [0.1, 0.15) is 16.4 Å². The molecule has 0 saturated heterocycles. The molecule has 1 amide bonds. The van der Waals surface area contributed by atoms with Crippen molar-refractivity contribution < 1.29 is 17.6 Å². The molecule has 0 aliphatic rings. The van der Waals surface area contributed by atoms with Gasteiger partial charge in [0.25, 0.3) is 15.9 Å². The van der Waals surface area contributed by atoms with Crippen LogP contribution in [-0.4, -0.2) is 18.9 Å². The number of hydrogen-bond acceptors (Lipinski definition) is 4. The Morgan fingerprint density at radius 3 is 2.59 bits per heavy atom. The van der Waals surface area contributed by atoms with Crippen molar-refractivity contribution in [3.63, 3.8) is 0 Å². The molecule has 0 unspecified atom stereocenters. The van der Waals surface area contributed by atoms with E-state index in [2.05, 4.69) is 4.72 Å². The lowest BCUT2D eigenvalue weighted by molar-refractivity contribution is 0.0945. The summed E-state index contributed by atoms with van der Waals surface area (Å²) in [6, 6.07) is 5.18. The number of nitrogens with zero attached hydrogens (tertiary/aromatic N) is 1. The summed E-state index contributed by atoms with van der Waals surface area (Å²) in [7, 11) is -2.44. The number of anilines is 1. The smallest absolute Gasteiger partial charge is 0.281 e. The standard InChI is InChI=1S/C13H15FN4O3S/c1-8-3-4-9(5-11(8)14)17-22(20,21)10-6-12(13(19)16-15)18(2)7-10/h3-7,17H,15H2,1-2H3,(H,16,19). The van der Waals surface area contributed by atoms with Gasteiger partial charge in [-0.1, -0.05) is 6.07 Å². The number of benzene rings is 1. The van der Waals surface area contributed by atoms with Gasteiger partial charge in [0, 0.05) is 13.2 Å². The number of hydrazine groups is 1. The summed E-state index contributed by atoms with van der Waals surface area (Å²) in [5, 5.41) is 0. The lowest BCUT2D eigenvalue weighted by Crippen LogP contribution is -2.31. The largest absolute Gasteiger partial charge is 0.345 e. The minimum absolute atomic E-state index is 0.0814. The van der Waals surface area contributed by atoms with Gasteiger partial charge < -0.3 is 4.57 Å². The number of sulfonamides is 1. The van der Waals surface area contributed by atoms with Crippen molar-refractivity contribution in [2.75, 3.05) is 4.72 Å². The number of carbonyl (C=O) groups is 1. The molecule has 4 N–H and O–H groups in total. The summed E-state index contributed by atoms with van der Waals surface area (Å²) in [5.41, 5.74) is 2.51. The number of halogens is 1. The van der Waals surface area contributed by atoms with E-state index >= 15 is 0 Å². The zero-order chi connectivity index (χ0) is 16.5. The van der Waals surface area contributed by atoms with E-state index in [1.807, 2.05) is 5.43 Å². The molecule has 0 atom stereocenters. The molecule has 0 radical (unpaired) electrons. The molecule has 0 fully saturated rings. The third-order valence-corrected chi connectivity index (χ3v) is 4.43. The zero-order valence-electron chi connectivity index (χ0n) is 11.9. The van der Waals surface area contributed by atoms with Crippen LogP contribution in [0.15, 0.2) is 35.4 Å². The van der Waals surface area contributed by atoms with Gasteiger partial charge in [0.05, 0.1) is 5.69 Å². The van der Waals surface area contributed by atoms with E-state index in [1.165, 1.54) is 36.0 Å². The van der Waals surface area contributed by atoms with Crippen molar-refractivity contribution >= 4 is 21.6 Å². The summed E-state index contributed by atoms with van der Waals surface area (Å²) >= 11 is 0.